The molecule has 0 aromatic carbocycles. The molecule has 1 N–H and O–H groups in total. The SMILES string of the molecule is CNc1nc(N2CCC[C@@]3(CCC(=O)N(CCCOC)C3)C2)ncc1F. The van der Waals surface area contributed by atoms with E-state index < -0.39 is 5.82 Å². The molecule has 1 aromatic heterocycles. The lowest BCUT2D eigenvalue weighted by molar-refractivity contribution is -0.138. The molecule has 0 unspecified atom stereocenters. The van der Waals surface area contributed by atoms with Crippen LogP contribution >= 0.6 is 0 Å². The number of aromatic nitrogens is 2. The number of halogens is 1. The van der Waals surface area contributed by atoms with Gasteiger partial charge in [-0.05, 0) is 25.7 Å². The van der Waals surface area contributed by atoms with Crippen LogP contribution < -0.4 is 10.2 Å². The molecule has 3 heterocycles. The number of rotatable bonds is 6. The fourth-order valence-electron chi connectivity index (χ4n) is 4.10. The minimum absolute atomic E-state index is 0.0663. The van der Waals surface area contributed by atoms with Gasteiger partial charge in [-0.15, -0.1) is 0 Å². The molecule has 2 aliphatic rings. The van der Waals surface area contributed by atoms with Crippen molar-refractivity contribution in [1.82, 2.24) is 14.9 Å². The standard InChI is InChI=1S/C18H28FN5O2/c1-20-16-14(19)11-21-17(22-16)24-8-3-6-18(13-24)7-5-15(25)23(12-18)9-4-10-26-2/h11H,3-10,12-13H2,1-2H3,(H,20,21,22)/t18-/m0/s1. The van der Waals surface area contributed by atoms with Gasteiger partial charge >= 0.3 is 0 Å². The van der Waals surface area contributed by atoms with E-state index in [0.29, 0.717) is 19.0 Å². The molecule has 0 aliphatic carbocycles. The van der Waals surface area contributed by atoms with E-state index in [9.17, 15) is 9.18 Å². The lowest BCUT2D eigenvalue weighted by Crippen LogP contribution is -2.54. The number of carbonyl (C=O) groups excluding carboxylic acids is 1. The Morgan fingerprint density at radius 1 is 1.38 bits per heavy atom. The predicted molar refractivity (Wildman–Crippen MR) is 97.7 cm³/mol. The van der Waals surface area contributed by atoms with Crippen LogP contribution in [-0.2, 0) is 9.53 Å². The second-order valence-corrected chi connectivity index (χ2v) is 7.30. The van der Waals surface area contributed by atoms with Gasteiger partial charge in [0.15, 0.2) is 11.6 Å². The first-order chi connectivity index (χ1) is 12.6. The summed E-state index contributed by atoms with van der Waals surface area (Å²) >= 11 is 0. The highest BCUT2D eigenvalue weighted by molar-refractivity contribution is 5.77. The van der Waals surface area contributed by atoms with Gasteiger partial charge in [-0.25, -0.2) is 9.37 Å². The monoisotopic (exact) mass is 365 g/mol. The van der Waals surface area contributed by atoms with Gasteiger partial charge in [0.2, 0.25) is 11.9 Å². The molecule has 0 radical (unpaired) electrons. The second-order valence-electron chi connectivity index (χ2n) is 7.30. The number of nitrogens with one attached hydrogen (secondary N) is 1. The Balaban J connectivity index is 1.71. The molecule has 1 amide bonds. The highest BCUT2D eigenvalue weighted by atomic mass is 19.1. The van der Waals surface area contributed by atoms with E-state index >= 15 is 0 Å². The van der Waals surface area contributed by atoms with Gasteiger partial charge < -0.3 is 19.9 Å². The van der Waals surface area contributed by atoms with E-state index in [0.717, 1.165) is 51.9 Å². The molecule has 3 rings (SSSR count). The summed E-state index contributed by atoms with van der Waals surface area (Å²) in [4.78, 5) is 24.9. The minimum Gasteiger partial charge on any atom is -0.385 e. The van der Waals surface area contributed by atoms with Crippen molar-refractivity contribution in [3.8, 4) is 0 Å². The number of amides is 1. The van der Waals surface area contributed by atoms with Gasteiger partial charge in [-0.2, -0.15) is 4.98 Å². The summed E-state index contributed by atoms with van der Waals surface area (Å²) in [6.07, 6.45) is 5.68. The lowest BCUT2D eigenvalue weighted by Gasteiger charge is -2.48. The molecule has 26 heavy (non-hydrogen) atoms. The van der Waals surface area contributed by atoms with Crippen molar-refractivity contribution in [3.05, 3.63) is 12.0 Å². The number of ether oxygens (including phenoxy) is 1. The normalized spacial score (nSPS) is 23.6. The van der Waals surface area contributed by atoms with Crippen molar-refractivity contribution >= 4 is 17.7 Å². The fraction of sp³-hybridized carbons (Fsp3) is 0.722. The lowest BCUT2D eigenvalue weighted by atomic mass is 9.73. The molecule has 1 atom stereocenters. The maximum Gasteiger partial charge on any atom is 0.227 e. The van der Waals surface area contributed by atoms with Gasteiger partial charge in [-0.1, -0.05) is 0 Å². The number of hydrogen-bond acceptors (Lipinski definition) is 6. The predicted octanol–water partition coefficient (Wildman–Crippen LogP) is 1.90. The molecule has 1 aromatic rings. The third kappa shape index (κ3) is 4.06. The van der Waals surface area contributed by atoms with E-state index in [4.69, 9.17) is 4.74 Å². The first-order valence-electron chi connectivity index (χ1n) is 9.29. The van der Waals surface area contributed by atoms with Gasteiger partial charge in [0, 0.05) is 58.8 Å². The van der Waals surface area contributed by atoms with Crippen LogP contribution in [0.2, 0.25) is 0 Å². The number of methoxy groups -OCH3 is 1. The number of likely N-dealkylation sites (tertiary alicyclic amines) is 1. The van der Waals surface area contributed by atoms with Gasteiger partial charge in [0.1, 0.15) is 0 Å². The Bertz CT molecular complexity index is 644. The van der Waals surface area contributed by atoms with Crippen LogP contribution in [0.5, 0.6) is 0 Å². The van der Waals surface area contributed by atoms with Crippen molar-refractivity contribution in [2.75, 3.05) is 57.2 Å². The zero-order valence-corrected chi connectivity index (χ0v) is 15.6. The number of anilines is 2. The summed E-state index contributed by atoms with van der Waals surface area (Å²) in [5, 5.41) is 2.77. The Labute approximate surface area is 153 Å². The first kappa shape index (κ1) is 18.8. The van der Waals surface area contributed by atoms with Crippen LogP contribution in [-0.4, -0.2) is 67.7 Å². The number of hydrogen-bond donors (Lipinski definition) is 1. The van der Waals surface area contributed by atoms with E-state index in [1.807, 2.05) is 4.90 Å². The van der Waals surface area contributed by atoms with Crippen LogP contribution in [0.15, 0.2) is 6.20 Å². The second kappa shape index (κ2) is 8.16. The topological polar surface area (TPSA) is 70.6 Å². The molecule has 2 saturated heterocycles. The Morgan fingerprint density at radius 3 is 3.00 bits per heavy atom. The van der Waals surface area contributed by atoms with Gasteiger partial charge in [0.25, 0.3) is 0 Å². The van der Waals surface area contributed by atoms with Crippen molar-refractivity contribution in [3.63, 3.8) is 0 Å². The largest absolute Gasteiger partial charge is 0.385 e. The van der Waals surface area contributed by atoms with Crippen LogP contribution in [0.25, 0.3) is 0 Å². The Morgan fingerprint density at radius 2 is 2.23 bits per heavy atom. The molecule has 1 spiro atoms. The van der Waals surface area contributed by atoms with Crippen molar-refractivity contribution < 1.29 is 13.9 Å². The van der Waals surface area contributed by atoms with Crippen LogP contribution in [0.1, 0.15) is 32.1 Å². The van der Waals surface area contributed by atoms with Crippen molar-refractivity contribution in [2.45, 2.75) is 32.1 Å². The van der Waals surface area contributed by atoms with Crippen LogP contribution in [0.3, 0.4) is 0 Å². The summed E-state index contributed by atoms with van der Waals surface area (Å²) in [5.74, 6) is 0.558. The average molecular weight is 365 g/mol. The van der Waals surface area contributed by atoms with Crippen LogP contribution in [0.4, 0.5) is 16.2 Å². The molecular formula is C18H28FN5O2. The molecule has 144 valence electrons. The molecule has 8 heteroatoms. The fourth-order valence-corrected chi connectivity index (χ4v) is 4.10. The summed E-state index contributed by atoms with van der Waals surface area (Å²) in [6.45, 7) is 3.83. The summed E-state index contributed by atoms with van der Waals surface area (Å²) in [7, 11) is 3.33. The smallest absolute Gasteiger partial charge is 0.227 e. The number of piperidine rings is 2. The van der Waals surface area contributed by atoms with Gasteiger partial charge in [-0.3, -0.25) is 4.79 Å². The quantitative estimate of drug-likeness (QED) is 0.777. The number of carbonyl (C=O) groups is 1. The minimum atomic E-state index is -0.449. The summed E-state index contributed by atoms with van der Waals surface area (Å²) in [5.41, 5.74) is 0.0663. The highest BCUT2D eigenvalue weighted by Gasteiger charge is 2.42. The molecule has 2 fully saturated rings. The van der Waals surface area contributed by atoms with E-state index in [1.54, 1.807) is 14.2 Å². The third-order valence-corrected chi connectivity index (χ3v) is 5.44. The third-order valence-electron chi connectivity index (χ3n) is 5.44. The number of nitrogens with zero attached hydrogens (tertiary/aromatic N) is 4. The van der Waals surface area contributed by atoms with E-state index in [-0.39, 0.29) is 17.1 Å². The molecular weight excluding hydrogens is 337 g/mol. The molecule has 0 saturated carbocycles. The molecule has 2 aliphatic heterocycles. The zero-order chi connectivity index (χ0) is 18.6. The summed E-state index contributed by atoms with van der Waals surface area (Å²) in [6, 6.07) is 0. The van der Waals surface area contributed by atoms with Gasteiger partial charge in [0.05, 0.1) is 6.20 Å². The molecule has 7 nitrogen and oxygen atoms in total. The zero-order valence-electron chi connectivity index (χ0n) is 15.6. The van der Waals surface area contributed by atoms with E-state index in [1.165, 1.54) is 6.20 Å². The van der Waals surface area contributed by atoms with Crippen LogP contribution in [0, 0.1) is 11.2 Å². The maximum absolute atomic E-state index is 13.7. The first-order valence-corrected chi connectivity index (χ1v) is 9.29. The maximum atomic E-state index is 13.7. The average Bonchev–Trinajstić information content (AvgIpc) is 2.65. The Kier molecular flexibility index (Phi) is 5.90. The molecule has 0 bridgehead atoms. The van der Waals surface area contributed by atoms with Crippen molar-refractivity contribution in [2.24, 2.45) is 5.41 Å². The van der Waals surface area contributed by atoms with Crippen molar-refractivity contribution in [1.29, 1.82) is 0 Å². The van der Waals surface area contributed by atoms with E-state index in [2.05, 4.69) is 20.2 Å². The summed E-state index contributed by atoms with van der Waals surface area (Å²) < 4.78 is 18.8. The Hall–Kier alpha value is -1.96. The highest BCUT2D eigenvalue weighted by Crippen LogP contribution is 2.39.